The Balaban J connectivity index is 2.31. The first-order valence-electron chi connectivity index (χ1n) is 4.58. The van der Waals surface area contributed by atoms with Gasteiger partial charge in [-0.1, -0.05) is 5.16 Å². The number of hydrogen-bond acceptors (Lipinski definition) is 3. The third-order valence-electron chi connectivity index (χ3n) is 2.42. The van der Waals surface area contributed by atoms with E-state index in [1.165, 1.54) is 0 Å². The van der Waals surface area contributed by atoms with E-state index < -0.39 is 0 Å². The topological polar surface area (TPSA) is 43.9 Å². The summed E-state index contributed by atoms with van der Waals surface area (Å²) in [6.07, 6.45) is 1.80. The molecule has 4 nitrogen and oxygen atoms in total. The van der Waals surface area contributed by atoms with Crippen LogP contribution in [-0.4, -0.2) is 14.9 Å². The summed E-state index contributed by atoms with van der Waals surface area (Å²) in [4.78, 5) is 0. The molecule has 0 saturated carbocycles. The van der Waals surface area contributed by atoms with E-state index in [1.807, 2.05) is 31.5 Å². The summed E-state index contributed by atoms with van der Waals surface area (Å²) in [5, 5.41) is 8.13. The fourth-order valence-electron chi connectivity index (χ4n) is 1.44. The minimum absolute atomic E-state index is 0.736. The van der Waals surface area contributed by atoms with Crippen molar-refractivity contribution in [3.05, 3.63) is 35.0 Å². The van der Waals surface area contributed by atoms with Gasteiger partial charge in [0.1, 0.15) is 5.76 Å². The van der Waals surface area contributed by atoms with E-state index in [0.717, 1.165) is 29.3 Å². The molecule has 0 spiro atoms. The Bertz CT molecular complexity index is 422. The number of rotatable bonds is 2. The molecule has 0 amide bonds. The largest absolute Gasteiger partial charge is 0.361 e. The van der Waals surface area contributed by atoms with Crippen molar-refractivity contribution in [2.75, 3.05) is 0 Å². The van der Waals surface area contributed by atoms with Gasteiger partial charge >= 0.3 is 0 Å². The molecule has 2 aromatic rings. The molecule has 74 valence electrons. The van der Waals surface area contributed by atoms with Crippen LogP contribution in [0, 0.1) is 20.8 Å². The van der Waals surface area contributed by atoms with Crippen molar-refractivity contribution in [1.82, 2.24) is 14.9 Å². The molecule has 2 aromatic heterocycles. The summed E-state index contributed by atoms with van der Waals surface area (Å²) < 4.78 is 7.03. The first kappa shape index (κ1) is 8.99. The number of aromatic nitrogens is 3. The zero-order chi connectivity index (χ0) is 10.1. The molecular formula is C10H13N3O. The second-order valence-electron chi connectivity index (χ2n) is 3.43. The lowest BCUT2D eigenvalue weighted by molar-refractivity contribution is 0.391. The number of hydrogen-bond donors (Lipinski definition) is 0. The zero-order valence-electron chi connectivity index (χ0n) is 8.61. The third-order valence-corrected chi connectivity index (χ3v) is 2.42. The van der Waals surface area contributed by atoms with Crippen molar-refractivity contribution >= 4 is 0 Å². The van der Waals surface area contributed by atoms with Gasteiger partial charge < -0.3 is 4.52 Å². The van der Waals surface area contributed by atoms with Gasteiger partial charge in [-0.2, -0.15) is 5.10 Å². The third kappa shape index (κ3) is 1.43. The van der Waals surface area contributed by atoms with Crippen molar-refractivity contribution < 1.29 is 4.52 Å². The Morgan fingerprint density at radius 3 is 2.64 bits per heavy atom. The fraction of sp³-hybridized carbons (Fsp3) is 0.400. The van der Waals surface area contributed by atoms with Crippen molar-refractivity contribution in [3.8, 4) is 0 Å². The summed E-state index contributed by atoms with van der Waals surface area (Å²) in [6, 6.07) is 1.98. The van der Waals surface area contributed by atoms with Crippen molar-refractivity contribution in [3.63, 3.8) is 0 Å². The van der Waals surface area contributed by atoms with Gasteiger partial charge in [-0.3, -0.25) is 4.68 Å². The number of nitrogens with zero attached hydrogens (tertiary/aromatic N) is 3. The Labute approximate surface area is 82.5 Å². The summed E-state index contributed by atoms with van der Waals surface area (Å²) in [7, 11) is 0. The van der Waals surface area contributed by atoms with E-state index in [9.17, 15) is 0 Å². The highest BCUT2D eigenvalue weighted by molar-refractivity contribution is 5.21. The highest BCUT2D eigenvalue weighted by atomic mass is 16.5. The molecule has 0 bridgehead atoms. The molecule has 0 N–H and O–H groups in total. The molecule has 14 heavy (non-hydrogen) atoms. The molecule has 0 aliphatic rings. The lowest BCUT2D eigenvalue weighted by Gasteiger charge is -2.02. The first-order chi connectivity index (χ1) is 6.68. The maximum absolute atomic E-state index is 5.09. The summed E-state index contributed by atoms with van der Waals surface area (Å²) in [6.45, 7) is 6.64. The van der Waals surface area contributed by atoms with Crippen LogP contribution in [0.1, 0.15) is 22.7 Å². The van der Waals surface area contributed by atoms with Gasteiger partial charge in [0.2, 0.25) is 0 Å². The molecule has 0 aliphatic carbocycles. The molecule has 2 heterocycles. The van der Waals surface area contributed by atoms with Gasteiger partial charge in [-0.15, -0.1) is 0 Å². The van der Waals surface area contributed by atoms with Gasteiger partial charge in [0.25, 0.3) is 0 Å². The predicted octanol–water partition coefficient (Wildman–Crippen LogP) is 1.84. The highest BCUT2D eigenvalue weighted by Gasteiger charge is 2.10. The van der Waals surface area contributed by atoms with Gasteiger partial charge in [-0.05, 0) is 26.8 Å². The SMILES string of the molecule is Cc1noc(C)c1Cn1nccc1C. The Morgan fingerprint density at radius 1 is 1.36 bits per heavy atom. The summed E-state index contributed by atoms with van der Waals surface area (Å²) in [5.41, 5.74) is 3.21. The van der Waals surface area contributed by atoms with E-state index in [-0.39, 0.29) is 0 Å². The van der Waals surface area contributed by atoms with Crippen molar-refractivity contribution in [2.45, 2.75) is 27.3 Å². The predicted molar refractivity (Wildman–Crippen MR) is 52.0 cm³/mol. The molecule has 0 radical (unpaired) electrons. The second-order valence-corrected chi connectivity index (χ2v) is 3.43. The van der Waals surface area contributed by atoms with E-state index in [2.05, 4.69) is 10.3 Å². The Morgan fingerprint density at radius 2 is 2.14 bits per heavy atom. The molecule has 0 fully saturated rings. The van der Waals surface area contributed by atoms with Crippen LogP contribution in [0.3, 0.4) is 0 Å². The minimum Gasteiger partial charge on any atom is -0.361 e. The van der Waals surface area contributed by atoms with Gasteiger partial charge in [0.15, 0.2) is 0 Å². The maximum Gasteiger partial charge on any atom is 0.138 e. The molecule has 0 unspecified atom stereocenters. The van der Waals surface area contributed by atoms with E-state index in [0.29, 0.717) is 0 Å². The average molecular weight is 191 g/mol. The van der Waals surface area contributed by atoms with E-state index in [4.69, 9.17) is 4.52 Å². The molecule has 0 saturated heterocycles. The van der Waals surface area contributed by atoms with Crippen LogP contribution in [0.4, 0.5) is 0 Å². The highest BCUT2D eigenvalue weighted by Crippen LogP contribution is 2.14. The van der Waals surface area contributed by atoms with Crippen LogP contribution in [-0.2, 0) is 6.54 Å². The van der Waals surface area contributed by atoms with Gasteiger partial charge in [0, 0.05) is 17.5 Å². The standard InChI is InChI=1S/C10H13N3O/c1-7-4-5-11-13(7)6-10-8(2)12-14-9(10)3/h4-5H,6H2,1-3H3. The van der Waals surface area contributed by atoms with Gasteiger partial charge in [-0.25, -0.2) is 0 Å². The van der Waals surface area contributed by atoms with Crippen LogP contribution in [0.5, 0.6) is 0 Å². The molecule has 4 heteroatoms. The van der Waals surface area contributed by atoms with Crippen LogP contribution < -0.4 is 0 Å². The van der Waals surface area contributed by atoms with Gasteiger partial charge in [0.05, 0.1) is 12.2 Å². The number of aryl methyl sites for hydroxylation is 3. The quantitative estimate of drug-likeness (QED) is 0.727. The smallest absolute Gasteiger partial charge is 0.138 e. The Hall–Kier alpha value is -1.58. The van der Waals surface area contributed by atoms with Crippen LogP contribution in [0.25, 0.3) is 0 Å². The Kier molecular flexibility index (Phi) is 2.11. The first-order valence-corrected chi connectivity index (χ1v) is 4.58. The normalized spacial score (nSPS) is 10.8. The van der Waals surface area contributed by atoms with Crippen LogP contribution in [0.15, 0.2) is 16.8 Å². The van der Waals surface area contributed by atoms with Crippen LogP contribution in [0.2, 0.25) is 0 Å². The second kappa shape index (κ2) is 3.29. The lowest BCUT2D eigenvalue weighted by atomic mass is 10.2. The summed E-state index contributed by atoms with van der Waals surface area (Å²) >= 11 is 0. The van der Waals surface area contributed by atoms with Crippen LogP contribution >= 0.6 is 0 Å². The molecule has 0 atom stereocenters. The van der Waals surface area contributed by atoms with E-state index >= 15 is 0 Å². The van der Waals surface area contributed by atoms with E-state index in [1.54, 1.807) is 6.20 Å². The zero-order valence-corrected chi connectivity index (χ0v) is 8.61. The monoisotopic (exact) mass is 191 g/mol. The minimum atomic E-state index is 0.736. The maximum atomic E-state index is 5.09. The summed E-state index contributed by atoms with van der Waals surface area (Å²) in [5.74, 6) is 0.873. The fourth-order valence-corrected chi connectivity index (χ4v) is 1.44. The van der Waals surface area contributed by atoms with Crippen molar-refractivity contribution in [1.29, 1.82) is 0 Å². The molecule has 0 aromatic carbocycles. The average Bonchev–Trinajstić information content (AvgIpc) is 2.67. The molecule has 2 rings (SSSR count). The molecule has 0 aliphatic heterocycles. The lowest BCUT2D eigenvalue weighted by Crippen LogP contribution is -2.04. The van der Waals surface area contributed by atoms with Crippen molar-refractivity contribution in [2.24, 2.45) is 0 Å². The molecular weight excluding hydrogens is 178 g/mol.